The highest BCUT2D eigenvalue weighted by atomic mass is 127. The van der Waals surface area contributed by atoms with Crippen LogP contribution in [0.15, 0.2) is 36.4 Å². The van der Waals surface area contributed by atoms with Gasteiger partial charge in [-0.1, -0.05) is 11.6 Å². The Kier molecular flexibility index (Phi) is 5.41. The van der Waals surface area contributed by atoms with E-state index in [0.717, 1.165) is 6.07 Å². The first-order valence-electron chi connectivity index (χ1n) is 6.24. The van der Waals surface area contributed by atoms with E-state index in [1.165, 1.54) is 37.4 Å². The summed E-state index contributed by atoms with van der Waals surface area (Å²) in [7, 11) is 1.35. The molecule has 2 rings (SSSR count). The van der Waals surface area contributed by atoms with E-state index >= 15 is 0 Å². The van der Waals surface area contributed by atoms with Gasteiger partial charge in [0.2, 0.25) is 0 Å². The zero-order chi connectivity index (χ0) is 17.2. The number of halogens is 5. The van der Waals surface area contributed by atoms with E-state index in [1.54, 1.807) is 22.6 Å². The fourth-order valence-corrected chi connectivity index (χ4v) is 2.57. The van der Waals surface area contributed by atoms with E-state index in [1.807, 2.05) is 0 Å². The maximum Gasteiger partial charge on any atom is 0.418 e. The van der Waals surface area contributed by atoms with Crippen LogP contribution in [0.3, 0.4) is 0 Å². The Labute approximate surface area is 148 Å². The van der Waals surface area contributed by atoms with Crippen molar-refractivity contribution in [2.75, 3.05) is 12.4 Å². The third-order valence-electron chi connectivity index (χ3n) is 2.94. The first kappa shape index (κ1) is 17.9. The number of rotatable bonds is 3. The summed E-state index contributed by atoms with van der Waals surface area (Å²) in [6.07, 6.45) is -4.58. The summed E-state index contributed by atoms with van der Waals surface area (Å²) < 4.78 is 44.7. The van der Waals surface area contributed by atoms with Gasteiger partial charge in [0.15, 0.2) is 0 Å². The number of nitrogens with one attached hydrogen (secondary N) is 1. The van der Waals surface area contributed by atoms with Gasteiger partial charge in [-0.2, -0.15) is 13.2 Å². The molecule has 0 saturated carbocycles. The smallest absolute Gasteiger partial charge is 0.418 e. The van der Waals surface area contributed by atoms with E-state index < -0.39 is 17.6 Å². The van der Waals surface area contributed by atoms with Gasteiger partial charge in [-0.15, -0.1) is 0 Å². The Morgan fingerprint density at radius 1 is 1.22 bits per heavy atom. The van der Waals surface area contributed by atoms with Crippen LogP contribution < -0.4 is 10.1 Å². The largest absolute Gasteiger partial charge is 0.496 e. The first-order valence-corrected chi connectivity index (χ1v) is 7.69. The van der Waals surface area contributed by atoms with Gasteiger partial charge >= 0.3 is 6.18 Å². The fraction of sp³-hybridized carbons (Fsp3) is 0.133. The highest BCUT2D eigenvalue weighted by molar-refractivity contribution is 14.1. The molecule has 0 aliphatic rings. The molecule has 0 aliphatic heterocycles. The van der Waals surface area contributed by atoms with Gasteiger partial charge in [-0.3, -0.25) is 4.79 Å². The van der Waals surface area contributed by atoms with E-state index in [9.17, 15) is 18.0 Å². The number of hydrogen-bond acceptors (Lipinski definition) is 2. The van der Waals surface area contributed by atoms with Crippen LogP contribution in [0.5, 0.6) is 5.75 Å². The van der Waals surface area contributed by atoms with Gasteiger partial charge in [0, 0.05) is 8.59 Å². The van der Waals surface area contributed by atoms with E-state index in [2.05, 4.69) is 5.32 Å². The summed E-state index contributed by atoms with van der Waals surface area (Å²) in [6.45, 7) is 0. The molecular formula is C15H10ClF3INO2. The third-order valence-corrected chi connectivity index (χ3v) is 3.85. The third kappa shape index (κ3) is 4.29. The minimum absolute atomic E-state index is 0.0478. The van der Waals surface area contributed by atoms with Crippen molar-refractivity contribution in [1.82, 2.24) is 0 Å². The Bertz CT molecular complexity index is 750. The van der Waals surface area contributed by atoms with Crippen LogP contribution in [-0.2, 0) is 6.18 Å². The molecule has 0 fully saturated rings. The number of carbonyl (C=O) groups excluding carboxylic acids is 1. The molecule has 0 heterocycles. The predicted molar refractivity (Wildman–Crippen MR) is 90.1 cm³/mol. The Morgan fingerprint density at radius 2 is 1.91 bits per heavy atom. The van der Waals surface area contributed by atoms with Crippen LogP contribution >= 0.6 is 34.2 Å². The first-order chi connectivity index (χ1) is 10.7. The molecule has 1 amide bonds. The van der Waals surface area contributed by atoms with Crippen molar-refractivity contribution in [3.8, 4) is 5.75 Å². The van der Waals surface area contributed by atoms with Crippen molar-refractivity contribution < 1.29 is 22.7 Å². The van der Waals surface area contributed by atoms with E-state index in [4.69, 9.17) is 16.3 Å². The summed E-state index contributed by atoms with van der Waals surface area (Å²) in [5.41, 5.74) is -1.20. The van der Waals surface area contributed by atoms with Crippen LogP contribution in [0, 0.1) is 3.57 Å². The number of alkyl halides is 3. The number of methoxy groups -OCH3 is 1. The molecule has 23 heavy (non-hydrogen) atoms. The zero-order valence-corrected chi connectivity index (χ0v) is 14.6. The van der Waals surface area contributed by atoms with Crippen LogP contribution in [0.1, 0.15) is 15.9 Å². The molecule has 2 aromatic rings. The Morgan fingerprint density at radius 3 is 2.52 bits per heavy atom. The van der Waals surface area contributed by atoms with Crippen LogP contribution in [-0.4, -0.2) is 13.0 Å². The maximum atomic E-state index is 13.1. The summed E-state index contributed by atoms with van der Waals surface area (Å²) in [4.78, 5) is 12.3. The summed E-state index contributed by atoms with van der Waals surface area (Å²) in [5.74, 6) is -0.526. The minimum Gasteiger partial charge on any atom is -0.496 e. The van der Waals surface area contributed by atoms with Crippen LogP contribution in [0.4, 0.5) is 18.9 Å². The normalized spacial score (nSPS) is 11.2. The topological polar surface area (TPSA) is 38.3 Å². The molecule has 0 aliphatic carbocycles. The van der Waals surface area contributed by atoms with E-state index in [0.29, 0.717) is 3.57 Å². The lowest BCUT2D eigenvalue weighted by atomic mass is 10.1. The van der Waals surface area contributed by atoms with Crippen molar-refractivity contribution in [3.63, 3.8) is 0 Å². The van der Waals surface area contributed by atoms with Crippen LogP contribution in [0.25, 0.3) is 0 Å². The second-order valence-corrected chi connectivity index (χ2v) is 6.17. The number of carbonyl (C=O) groups is 1. The lowest BCUT2D eigenvalue weighted by molar-refractivity contribution is -0.137. The molecule has 122 valence electrons. The molecule has 0 atom stereocenters. The average Bonchev–Trinajstić information content (AvgIpc) is 2.48. The Balaban J connectivity index is 2.40. The quantitative estimate of drug-likeness (QED) is 0.644. The number of anilines is 1. The number of ether oxygens (including phenoxy) is 1. The molecule has 1 N–H and O–H groups in total. The molecule has 2 aromatic carbocycles. The second-order valence-electron chi connectivity index (χ2n) is 4.49. The van der Waals surface area contributed by atoms with Crippen molar-refractivity contribution in [3.05, 3.63) is 56.1 Å². The van der Waals surface area contributed by atoms with Gasteiger partial charge in [-0.25, -0.2) is 0 Å². The number of hydrogen-bond donors (Lipinski definition) is 1. The molecule has 0 spiro atoms. The number of benzene rings is 2. The lowest BCUT2D eigenvalue weighted by Crippen LogP contribution is -2.17. The maximum absolute atomic E-state index is 13.1. The summed E-state index contributed by atoms with van der Waals surface area (Å²) in [6, 6.07) is 7.96. The molecule has 0 unspecified atom stereocenters. The SMILES string of the molecule is COc1ccc(Cl)cc1C(=O)Nc1ccc(I)cc1C(F)(F)F. The predicted octanol–water partition coefficient (Wildman–Crippen LogP) is 5.22. The van der Waals surface area contributed by atoms with Crippen LogP contribution in [0.2, 0.25) is 5.02 Å². The lowest BCUT2D eigenvalue weighted by Gasteiger charge is -2.15. The van der Waals surface area contributed by atoms with Crippen molar-refractivity contribution >= 4 is 45.8 Å². The standard InChI is InChI=1S/C15H10ClF3INO2/c1-23-13-5-2-8(16)6-10(13)14(22)21-12-4-3-9(20)7-11(12)15(17,18)19/h2-7H,1H3,(H,21,22). The van der Waals surface area contributed by atoms with Gasteiger partial charge in [0.25, 0.3) is 5.91 Å². The fourth-order valence-electron chi connectivity index (χ4n) is 1.91. The molecule has 0 radical (unpaired) electrons. The van der Waals surface area contributed by atoms with Gasteiger partial charge in [-0.05, 0) is 59.0 Å². The molecule has 0 bridgehead atoms. The van der Waals surface area contributed by atoms with Crippen molar-refractivity contribution in [1.29, 1.82) is 0 Å². The monoisotopic (exact) mass is 455 g/mol. The molecule has 0 aromatic heterocycles. The highest BCUT2D eigenvalue weighted by Gasteiger charge is 2.34. The molecular weight excluding hydrogens is 446 g/mol. The highest BCUT2D eigenvalue weighted by Crippen LogP contribution is 2.36. The minimum atomic E-state index is -4.58. The summed E-state index contributed by atoms with van der Waals surface area (Å²) in [5, 5.41) is 2.53. The average molecular weight is 456 g/mol. The molecule has 3 nitrogen and oxygen atoms in total. The molecule has 0 saturated heterocycles. The number of amides is 1. The summed E-state index contributed by atoms with van der Waals surface area (Å²) >= 11 is 7.60. The second kappa shape index (κ2) is 6.96. The van der Waals surface area contributed by atoms with Gasteiger partial charge in [0.05, 0.1) is 23.9 Å². The van der Waals surface area contributed by atoms with E-state index in [-0.39, 0.29) is 22.0 Å². The molecule has 8 heteroatoms. The van der Waals surface area contributed by atoms with Crippen molar-refractivity contribution in [2.24, 2.45) is 0 Å². The zero-order valence-electron chi connectivity index (χ0n) is 11.7. The van der Waals surface area contributed by atoms with Crippen molar-refractivity contribution in [2.45, 2.75) is 6.18 Å². The van der Waals surface area contributed by atoms with Gasteiger partial charge < -0.3 is 10.1 Å². The Hall–Kier alpha value is -1.48. The van der Waals surface area contributed by atoms with Gasteiger partial charge in [0.1, 0.15) is 5.75 Å².